The van der Waals surface area contributed by atoms with E-state index in [4.69, 9.17) is 0 Å². The molecule has 27 heavy (non-hydrogen) atoms. The highest BCUT2D eigenvalue weighted by atomic mass is 16.2. The number of hydrogen-bond donors (Lipinski definition) is 1. The molecule has 0 unspecified atom stereocenters. The van der Waals surface area contributed by atoms with Crippen LogP contribution in [0.1, 0.15) is 46.9 Å². The van der Waals surface area contributed by atoms with Crippen molar-refractivity contribution >= 4 is 17.7 Å². The molecule has 1 saturated carbocycles. The molecule has 2 atom stereocenters. The summed E-state index contributed by atoms with van der Waals surface area (Å²) in [7, 11) is 0. The van der Waals surface area contributed by atoms with Crippen LogP contribution in [0, 0.1) is 17.8 Å². The van der Waals surface area contributed by atoms with E-state index in [0.717, 1.165) is 40.1 Å². The monoisotopic (exact) mass is 358 g/mol. The second-order valence-electron chi connectivity index (χ2n) is 8.03. The van der Waals surface area contributed by atoms with Gasteiger partial charge in [0.05, 0.1) is 11.8 Å². The first kappa shape index (κ1) is 15.1. The third-order valence-corrected chi connectivity index (χ3v) is 6.62. The summed E-state index contributed by atoms with van der Waals surface area (Å²) < 4.78 is 0. The Bertz CT molecular complexity index is 910. The number of nitrogens with zero attached hydrogens (tertiary/aromatic N) is 1. The summed E-state index contributed by atoms with van der Waals surface area (Å²) in [5, 5.41) is 1.02. The number of amides is 3. The fourth-order valence-corrected chi connectivity index (χ4v) is 5.33. The lowest BCUT2D eigenvalue weighted by molar-refractivity contribution is -0.149. The van der Waals surface area contributed by atoms with Crippen LogP contribution in [-0.4, -0.2) is 22.7 Å². The van der Waals surface area contributed by atoms with Gasteiger partial charge in [-0.1, -0.05) is 48.5 Å². The van der Waals surface area contributed by atoms with E-state index in [1.807, 2.05) is 24.3 Å². The van der Waals surface area contributed by atoms with Gasteiger partial charge in [-0.3, -0.25) is 19.8 Å². The Labute approximate surface area is 156 Å². The molecule has 0 aromatic heterocycles. The van der Waals surface area contributed by atoms with Gasteiger partial charge in [0.25, 0.3) is 11.8 Å². The van der Waals surface area contributed by atoms with E-state index >= 15 is 0 Å². The van der Waals surface area contributed by atoms with Crippen LogP contribution in [0.4, 0.5) is 0 Å². The van der Waals surface area contributed by atoms with Gasteiger partial charge in [-0.25, -0.2) is 0 Å². The van der Waals surface area contributed by atoms with E-state index in [2.05, 4.69) is 29.7 Å². The lowest BCUT2D eigenvalue weighted by Crippen LogP contribution is -2.47. The first-order chi connectivity index (χ1) is 13.2. The van der Waals surface area contributed by atoms with Crippen LogP contribution in [0.25, 0.3) is 0 Å². The SMILES string of the molecule is O=C(NN1C(=O)[C@@H]2C3c4ccccc4C(c4ccccc43)[C@@H]2C1=O)C1CC1. The summed E-state index contributed by atoms with van der Waals surface area (Å²) >= 11 is 0. The van der Waals surface area contributed by atoms with Crippen LogP contribution in [0.3, 0.4) is 0 Å². The van der Waals surface area contributed by atoms with Gasteiger partial charge in [0.2, 0.25) is 5.91 Å². The maximum absolute atomic E-state index is 13.2. The Morgan fingerprint density at radius 3 is 1.56 bits per heavy atom. The number of benzene rings is 2. The van der Waals surface area contributed by atoms with E-state index in [9.17, 15) is 14.4 Å². The number of imide groups is 1. The van der Waals surface area contributed by atoms with E-state index in [1.54, 1.807) is 0 Å². The molecule has 5 nitrogen and oxygen atoms in total. The number of hydrazine groups is 1. The van der Waals surface area contributed by atoms with Crippen molar-refractivity contribution in [3.05, 3.63) is 70.8 Å². The highest BCUT2D eigenvalue weighted by Crippen LogP contribution is 2.60. The fourth-order valence-electron chi connectivity index (χ4n) is 5.33. The predicted molar refractivity (Wildman–Crippen MR) is 96.3 cm³/mol. The Hall–Kier alpha value is -2.95. The average Bonchev–Trinajstić information content (AvgIpc) is 3.52. The maximum Gasteiger partial charge on any atom is 0.253 e. The Morgan fingerprint density at radius 1 is 0.778 bits per heavy atom. The molecule has 5 heteroatoms. The summed E-state index contributed by atoms with van der Waals surface area (Å²) in [4.78, 5) is 38.7. The molecule has 1 heterocycles. The standard InChI is InChI=1S/C22H18N2O3/c25-20(11-9-10-11)23-24-21(26)18-16-12-5-1-2-6-13(12)17(19(18)22(24)27)15-8-4-3-7-14(15)16/h1-8,11,16-19H,9-10H2,(H,23,25)/t16?,17?,18-,19+. The van der Waals surface area contributed by atoms with Crippen LogP contribution in [0.2, 0.25) is 0 Å². The first-order valence-electron chi connectivity index (χ1n) is 9.53. The molecule has 3 amide bonds. The number of rotatable bonds is 2. The lowest BCUT2D eigenvalue weighted by atomic mass is 9.55. The molecule has 1 aliphatic heterocycles. The van der Waals surface area contributed by atoms with E-state index in [1.165, 1.54) is 0 Å². The molecule has 0 radical (unpaired) electrons. The highest BCUT2D eigenvalue weighted by molar-refractivity contribution is 6.08. The number of nitrogens with one attached hydrogen (secondary N) is 1. The predicted octanol–water partition coefficient (Wildman–Crippen LogP) is 2.32. The van der Waals surface area contributed by atoms with Crippen molar-refractivity contribution in [1.29, 1.82) is 0 Å². The molecule has 4 aliphatic carbocycles. The normalized spacial score (nSPS) is 30.0. The average molecular weight is 358 g/mol. The third-order valence-electron chi connectivity index (χ3n) is 6.62. The van der Waals surface area contributed by atoms with Gasteiger partial charge in [0.1, 0.15) is 0 Å². The summed E-state index contributed by atoms with van der Waals surface area (Å²) in [6, 6.07) is 16.3. The Kier molecular flexibility index (Phi) is 2.84. The van der Waals surface area contributed by atoms with Crippen molar-refractivity contribution in [3.8, 4) is 0 Å². The minimum absolute atomic E-state index is 0.0562. The quantitative estimate of drug-likeness (QED) is 0.838. The highest BCUT2D eigenvalue weighted by Gasteiger charge is 2.62. The van der Waals surface area contributed by atoms with Gasteiger partial charge in [0.15, 0.2) is 0 Å². The van der Waals surface area contributed by atoms with Gasteiger partial charge in [-0.2, -0.15) is 5.01 Å². The van der Waals surface area contributed by atoms with Crippen LogP contribution in [0.5, 0.6) is 0 Å². The van der Waals surface area contributed by atoms with Crippen LogP contribution in [-0.2, 0) is 14.4 Å². The van der Waals surface area contributed by atoms with E-state index in [-0.39, 0.29) is 35.5 Å². The summed E-state index contributed by atoms with van der Waals surface area (Å²) in [5.74, 6) is -1.94. The van der Waals surface area contributed by atoms with Crippen LogP contribution in [0.15, 0.2) is 48.5 Å². The number of hydrogen-bond acceptors (Lipinski definition) is 3. The smallest absolute Gasteiger partial charge is 0.253 e. The van der Waals surface area contributed by atoms with Crippen molar-refractivity contribution < 1.29 is 14.4 Å². The minimum atomic E-state index is -0.438. The van der Waals surface area contributed by atoms with Gasteiger partial charge < -0.3 is 0 Å². The van der Waals surface area contributed by atoms with Crippen molar-refractivity contribution in [2.75, 3.05) is 0 Å². The van der Waals surface area contributed by atoms with Gasteiger partial charge >= 0.3 is 0 Å². The second-order valence-corrected chi connectivity index (χ2v) is 8.03. The molecule has 1 N–H and O–H groups in total. The molecular weight excluding hydrogens is 340 g/mol. The lowest BCUT2D eigenvalue weighted by Gasteiger charge is -2.45. The molecule has 2 aromatic rings. The molecule has 1 saturated heterocycles. The Morgan fingerprint density at radius 2 is 1.19 bits per heavy atom. The molecule has 2 bridgehead atoms. The molecular formula is C22H18N2O3. The largest absolute Gasteiger partial charge is 0.273 e. The zero-order valence-corrected chi connectivity index (χ0v) is 14.6. The molecule has 5 aliphatic rings. The minimum Gasteiger partial charge on any atom is -0.273 e. The van der Waals surface area contributed by atoms with Crippen molar-refractivity contribution in [1.82, 2.24) is 10.4 Å². The van der Waals surface area contributed by atoms with Gasteiger partial charge in [0, 0.05) is 17.8 Å². The zero-order chi connectivity index (χ0) is 18.3. The summed E-state index contributed by atoms with van der Waals surface area (Å²) in [5.41, 5.74) is 7.17. The molecule has 2 aromatic carbocycles. The van der Waals surface area contributed by atoms with Gasteiger partial charge in [-0.05, 0) is 35.1 Å². The van der Waals surface area contributed by atoms with E-state index < -0.39 is 11.8 Å². The van der Waals surface area contributed by atoms with Crippen molar-refractivity contribution in [2.45, 2.75) is 24.7 Å². The second kappa shape index (κ2) is 5.06. The number of carbonyl (C=O) groups is 3. The maximum atomic E-state index is 13.2. The summed E-state index contributed by atoms with van der Waals surface area (Å²) in [6.07, 6.45) is 1.66. The van der Waals surface area contributed by atoms with Crippen LogP contribution < -0.4 is 5.43 Å². The molecule has 0 spiro atoms. The van der Waals surface area contributed by atoms with Crippen molar-refractivity contribution in [3.63, 3.8) is 0 Å². The first-order valence-corrected chi connectivity index (χ1v) is 9.53. The Balaban J connectivity index is 1.50. The van der Waals surface area contributed by atoms with Gasteiger partial charge in [-0.15, -0.1) is 0 Å². The fraction of sp³-hybridized carbons (Fsp3) is 0.318. The third kappa shape index (κ3) is 1.86. The van der Waals surface area contributed by atoms with Crippen LogP contribution >= 0.6 is 0 Å². The topological polar surface area (TPSA) is 66.5 Å². The van der Waals surface area contributed by atoms with E-state index in [0.29, 0.717) is 0 Å². The molecule has 134 valence electrons. The van der Waals surface area contributed by atoms with Crippen molar-refractivity contribution in [2.24, 2.45) is 17.8 Å². The molecule has 2 fully saturated rings. The number of carbonyl (C=O) groups excluding carboxylic acids is 3. The molecule has 7 rings (SSSR count). The summed E-state index contributed by atoms with van der Waals surface area (Å²) in [6.45, 7) is 0. The zero-order valence-electron chi connectivity index (χ0n) is 14.6.